The maximum atomic E-state index is 11.2. The van der Waals surface area contributed by atoms with Crippen molar-refractivity contribution in [2.24, 2.45) is 5.92 Å². The molecule has 0 aromatic heterocycles. The average Bonchev–Trinajstić information content (AvgIpc) is 2.18. The summed E-state index contributed by atoms with van der Waals surface area (Å²) in [7, 11) is 3.48. The summed E-state index contributed by atoms with van der Waals surface area (Å²) >= 11 is 0. The fourth-order valence-corrected chi connectivity index (χ4v) is 1.59. The monoisotopic (exact) mass is 186 g/mol. The zero-order valence-corrected chi connectivity index (χ0v) is 8.38. The molecule has 1 rings (SSSR count). The van der Waals surface area contributed by atoms with Crippen LogP contribution in [0.3, 0.4) is 0 Å². The summed E-state index contributed by atoms with van der Waals surface area (Å²) in [5.74, 6) is 0.607. The molecule has 0 spiro atoms. The third kappa shape index (κ3) is 3.22. The second kappa shape index (κ2) is 5.07. The van der Waals surface area contributed by atoms with E-state index in [1.807, 2.05) is 7.05 Å². The first-order valence-corrected chi connectivity index (χ1v) is 4.74. The minimum absolute atomic E-state index is 0.00788. The minimum Gasteiger partial charge on any atom is -0.381 e. The number of hydrogen-bond acceptors (Lipinski definition) is 2. The molecule has 0 bridgehead atoms. The Kier molecular flexibility index (Phi) is 4.02. The lowest BCUT2D eigenvalue weighted by atomic mass is 10.0. The molecule has 13 heavy (non-hydrogen) atoms. The number of carbonyl (C=O) groups is 1. The number of hydrogen-bond donors (Lipinski definition) is 1. The van der Waals surface area contributed by atoms with Crippen LogP contribution in [0, 0.1) is 5.92 Å². The Morgan fingerprint density at radius 1 is 1.54 bits per heavy atom. The molecular weight excluding hydrogens is 168 g/mol. The third-order valence-electron chi connectivity index (χ3n) is 2.43. The molecule has 1 heterocycles. The molecule has 0 aromatic rings. The van der Waals surface area contributed by atoms with Crippen molar-refractivity contribution in [3.63, 3.8) is 0 Å². The van der Waals surface area contributed by atoms with Crippen molar-refractivity contribution in [2.75, 3.05) is 33.9 Å². The Labute approximate surface area is 79.2 Å². The molecule has 1 saturated heterocycles. The predicted molar refractivity (Wildman–Crippen MR) is 50.6 cm³/mol. The fraction of sp³-hybridized carbons (Fsp3) is 0.889. The summed E-state index contributed by atoms with van der Waals surface area (Å²) < 4.78 is 5.25. The van der Waals surface area contributed by atoms with Gasteiger partial charge in [0.1, 0.15) is 0 Å². The molecule has 76 valence electrons. The van der Waals surface area contributed by atoms with Crippen LogP contribution in [0.1, 0.15) is 12.8 Å². The number of rotatable bonds is 2. The number of nitrogens with one attached hydrogen (secondary N) is 1. The van der Waals surface area contributed by atoms with Crippen molar-refractivity contribution < 1.29 is 9.53 Å². The molecule has 0 radical (unpaired) electrons. The Morgan fingerprint density at radius 3 is 2.69 bits per heavy atom. The van der Waals surface area contributed by atoms with Gasteiger partial charge in [0.25, 0.3) is 0 Å². The van der Waals surface area contributed by atoms with Gasteiger partial charge in [-0.15, -0.1) is 0 Å². The van der Waals surface area contributed by atoms with Gasteiger partial charge in [0, 0.05) is 33.9 Å². The van der Waals surface area contributed by atoms with E-state index in [4.69, 9.17) is 4.74 Å². The Hall–Kier alpha value is -0.770. The number of carbonyl (C=O) groups excluding carboxylic acids is 1. The molecule has 0 aromatic carbocycles. The molecule has 1 N–H and O–H groups in total. The molecule has 1 aliphatic heterocycles. The van der Waals surface area contributed by atoms with Crippen molar-refractivity contribution in [1.29, 1.82) is 0 Å². The van der Waals surface area contributed by atoms with E-state index in [0.717, 1.165) is 32.6 Å². The van der Waals surface area contributed by atoms with Gasteiger partial charge in [-0.05, 0) is 18.8 Å². The zero-order valence-electron chi connectivity index (χ0n) is 8.38. The van der Waals surface area contributed by atoms with Crippen LogP contribution < -0.4 is 5.32 Å². The van der Waals surface area contributed by atoms with Crippen LogP contribution in [0.5, 0.6) is 0 Å². The highest BCUT2D eigenvalue weighted by atomic mass is 16.5. The zero-order chi connectivity index (χ0) is 9.68. The van der Waals surface area contributed by atoms with Gasteiger partial charge in [0.2, 0.25) is 0 Å². The van der Waals surface area contributed by atoms with Gasteiger partial charge in [0.05, 0.1) is 0 Å². The van der Waals surface area contributed by atoms with Gasteiger partial charge >= 0.3 is 6.03 Å². The van der Waals surface area contributed by atoms with E-state index in [1.54, 1.807) is 11.9 Å². The smallest absolute Gasteiger partial charge is 0.316 e. The third-order valence-corrected chi connectivity index (χ3v) is 2.43. The molecular formula is C9H18N2O2. The van der Waals surface area contributed by atoms with Gasteiger partial charge in [0.15, 0.2) is 0 Å². The Balaban J connectivity index is 2.25. The largest absolute Gasteiger partial charge is 0.381 e. The standard InChI is InChI=1S/C9H18N2O2/c1-10-9(12)11(2)7-8-3-5-13-6-4-8/h8H,3-7H2,1-2H3,(H,10,12). The second-order valence-corrected chi connectivity index (χ2v) is 3.49. The van der Waals surface area contributed by atoms with Gasteiger partial charge in [-0.2, -0.15) is 0 Å². The Morgan fingerprint density at radius 2 is 2.15 bits per heavy atom. The summed E-state index contributed by atoms with van der Waals surface area (Å²) in [4.78, 5) is 12.9. The van der Waals surface area contributed by atoms with Crippen molar-refractivity contribution in [3.05, 3.63) is 0 Å². The SMILES string of the molecule is CNC(=O)N(C)CC1CCOCC1. The molecule has 4 nitrogen and oxygen atoms in total. The number of nitrogens with zero attached hydrogens (tertiary/aromatic N) is 1. The van der Waals surface area contributed by atoms with E-state index in [9.17, 15) is 4.79 Å². The normalized spacial score (nSPS) is 18.3. The van der Waals surface area contributed by atoms with Gasteiger partial charge in [-0.3, -0.25) is 0 Å². The van der Waals surface area contributed by atoms with Crippen LogP contribution in [0.15, 0.2) is 0 Å². The van der Waals surface area contributed by atoms with Crippen LogP contribution in [0.4, 0.5) is 4.79 Å². The summed E-state index contributed by atoms with van der Waals surface area (Å²) in [5.41, 5.74) is 0. The molecule has 1 fully saturated rings. The fourth-order valence-electron chi connectivity index (χ4n) is 1.59. The first-order valence-electron chi connectivity index (χ1n) is 4.74. The van der Waals surface area contributed by atoms with Crippen molar-refractivity contribution in [1.82, 2.24) is 10.2 Å². The van der Waals surface area contributed by atoms with Crippen molar-refractivity contribution in [2.45, 2.75) is 12.8 Å². The van der Waals surface area contributed by atoms with Crippen molar-refractivity contribution in [3.8, 4) is 0 Å². The molecule has 1 aliphatic rings. The van der Waals surface area contributed by atoms with Gasteiger partial charge < -0.3 is 15.0 Å². The highest BCUT2D eigenvalue weighted by molar-refractivity contribution is 5.73. The van der Waals surface area contributed by atoms with E-state index >= 15 is 0 Å². The topological polar surface area (TPSA) is 41.6 Å². The summed E-state index contributed by atoms with van der Waals surface area (Å²) in [6.07, 6.45) is 2.14. The molecule has 0 saturated carbocycles. The lowest BCUT2D eigenvalue weighted by Gasteiger charge is -2.26. The van der Waals surface area contributed by atoms with Crippen LogP contribution in [0.2, 0.25) is 0 Å². The molecule has 2 amide bonds. The summed E-state index contributed by atoms with van der Waals surface area (Å²) in [6.45, 7) is 2.52. The second-order valence-electron chi connectivity index (χ2n) is 3.49. The van der Waals surface area contributed by atoms with Crippen LogP contribution >= 0.6 is 0 Å². The number of urea groups is 1. The molecule has 0 atom stereocenters. The molecule has 0 unspecified atom stereocenters. The van der Waals surface area contributed by atoms with Crippen LogP contribution in [-0.2, 0) is 4.74 Å². The number of ether oxygens (including phenoxy) is 1. The van der Waals surface area contributed by atoms with E-state index in [-0.39, 0.29) is 6.03 Å². The maximum absolute atomic E-state index is 11.2. The summed E-state index contributed by atoms with van der Waals surface area (Å²) in [6, 6.07) is -0.00788. The first-order chi connectivity index (χ1) is 6.24. The lowest BCUT2D eigenvalue weighted by Crippen LogP contribution is -2.39. The number of amides is 2. The van der Waals surface area contributed by atoms with E-state index in [1.165, 1.54) is 0 Å². The predicted octanol–water partition coefficient (Wildman–Crippen LogP) is 0.684. The lowest BCUT2D eigenvalue weighted by molar-refractivity contribution is 0.0587. The van der Waals surface area contributed by atoms with Gasteiger partial charge in [-0.25, -0.2) is 4.79 Å². The van der Waals surface area contributed by atoms with Gasteiger partial charge in [-0.1, -0.05) is 0 Å². The summed E-state index contributed by atoms with van der Waals surface area (Å²) in [5, 5.41) is 2.61. The van der Waals surface area contributed by atoms with E-state index in [0.29, 0.717) is 5.92 Å². The highest BCUT2D eigenvalue weighted by Gasteiger charge is 2.17. The molecule has 4 heteroatoms. The highest BCUT2D eigenvalue weighted by Crippen LogP contribution is 2.15. The van der Waals surface area contributed by atoms with Crippen LogP contribution in [-0.4, -0.2) is 44.8 Å². The van der Waals surface area contributed by atoms with Crippen LogP contribution in [0.25, 0.3) is 0 Å². The minimum atomic E-state index is -0.00788. The average molecular weight is 186 g/mol. The van der Waals surface area contributed by atoms with E-state index in [2.05, 4.69) is 5.32 Å². The Bertz CT molecular complexity index is 167. The van der Waals surface area contributed by atoms with Crippen molar-refractivity contribution >= 4 is 6.03 Å². The maximum Gasteiger partial charge on any atom is 0.316 e. The molecule has 0 aliphatic carbocycles. The quantitative estimate of drug-likeness (QED) is 0.689. The van der Waals surface area contributed by atoms with E-state index < -0.39 is 0 Å². The first kappa shape index (κ1) is 10.3.